The summed E-state index contributed by atoms with van der Waals surface area (Å²) in [5, 5.41) is 7.14. The van der Waals surface area contributed by atoms with Gasteiger partial charge in [0.2, 0.25) is 5.91 Å². The highest BCUT2D eigenvalue weighted by Gasteiger charge is 2.20. The molecule has 0 bridgehead atoms. The summed E-state index contributed by atoms with van der Waals surface area (Å²) >= 11 is 5.08. The Bertz CT molecular complexity index is 598. The van der Waals surface area contributed by atoms with Crippen LogP contribution in [0, 0.1) is 0 Å². The topological polar surface area (TPSA) is 54.0 Å². The zero-order valence-electron chi connectivity index (χ0n) is 9.57. The number of hydrogen-bond acceptors (Lipinski definition) is 4. The van der Waals surface area contributed by atoms with Crippen molar-refractivity contribution in [1.82, 2.24) is 10.3 Å². The van der Waals surface area contributed by atoms with Crippen LogP contribution in [0.2, 0.25) is 0 Å². The highest BCUT2D eigenvalue weighted by molar-refractivity contribution is 9.10. The lowest BCUT2D eigenvalue weighted by atomic mass is 10.2. The van der Waals surface area contributed by atoms with E-state index in [2.05, 4.69) is 37.6 Å². The Morgan fingerprint density at radius 2 is 2.44 bits per heavy atom. The summed E-state index contributed by atoms with van der Waals surface area (Å²) in [7, 11) is 0. The highest BCUT2D eigenvalue weighted by atomic mass is 79.9. The van der Waals surface area contributed by atoms with E-state index in [9.17, 15) is 4.79 Å². The Labute approximate surface area is 117 Å². The molecule has 2 aromatic rings. The number of rotatable bonds is 3. The quantitative estimate of drug-likeness (QED) is 0.912. The van der Waals surface area contributed by atoms with Crippen LogP contribution < -0.4 is 10.6 Å². The van der Waals surface area contributed by atoms with Crippen molar-refractivity contribution in [3.63, 3.8) is 0 Å². The molecule has 1 aromatic carbocycles. The van der Waals surface area contributed by atoms with Crippen LogP contribution in [-0.2, 0) is 4.79 Å². The maximum Gasteiger partial charge on any atom is 0.220 e. The molecule has 1 aliphatic heterocycles. The van der Waals surface area contributed by atoms with Crippen molar-refractivity contribution in [3.05, 3.63) is 22.7 Å². The normalized spacial score (nSPS) is 19.2. The molecule has 1 atom stereocenters. The fourth-order valence-electron chi connectivity index (χ4n) is 2.02. The molecule has 1 fully saturated rings. The molecule has 4 nitrogen and oxygen atoms in total. The zero-order chi connectivity index (χ0) is 12.5. The van der Waals surface area contributed by atoms with Crippen LogP contribution in [-0.4, -0.2) is 23.5 Å². The number of halogens is 1. The van der Waals surface area contributed by atoms with Gasteiger partial charge in [0.25, 0.3) is 0 Å². The SMILES string of the molecule is O=C1CCC(CNc2nc3ccc(Br)cc3s2)N1. The second-order valence-corrected chi connectivity index (χ2v) is 6.26. The number of hydrogen-bond donors (Lipinski definition) is 2. The van der Waals surface area contributed by atoms with Gasteiger partial charge in [-0.3, -0.25) is 4.79 Å². The molecule has 1 aromatic heterocycles. The molecule has 2 N–H and O–H groups in total. The van der Waals surface area contributed by atoms with E-state index >= 15 is 0 Å². The van der Waals surface area contributed by atoms with Crippen molar-refractivity contribution >= 4 is 48.5 Å². The van der Waals surface area contributed by atoms with E-state index in [4.69, 9.17) is 0 Å². The summed E-state index contributed by atoms with van der Waals surface area (Å²) in [5.41, 5.74) is 1.00. The molecule has 94 valence electrons. The second-order valence-electron chi connectivity index (χ2n) is 4.32. The summed E-state index contributed by atoms with van der Waals surface area (Å²) in [6.07, 6.45) is 1.54. The summed E-state index contributed by atoms with van der Waals surface area (Å²) < 4.78 is 2.22. The number of thiazole rings is 1. The standard InChI is InChI=1S/C12H12BrN3OS/c13-7-1-3-9-10(5-7)18-12(16-9)14-6-8-2-4-11(17)15-8/h1,3,5,8H,2,4,6H2,(H,14,16)(H,15,17). The van der Waals surface area contributed by atoms with Crippen molar-refractivity contribution in [3.8, 4) is 0 Å². The maximum atomic E-state index is 11.1. The molecule has 0 saturated carbocycles. The number of anilines is 1. The number of aromatic nitrogens is 1. The van der Waals surface area contributed by atoms with Crippen molar-refractivity contribution in [1.29, 1.82) is 0 Å². The predicted octanol–water partition coefficient (Wildman–Crippen LogP) is 2.75. The monoisotopic (exact) mass is 325 g/mol. The van der Waals surface area contributed by atoms with E-state index in [-0.39, 0.29) is 11.9 Å². The molecule has 0 aliphatic carbocycles. The third-order valence-electron chi connectivity index (χ3n) is 2.94. The fourth-order valence-corrected chi connectivity index (χ4v) is 3.44. The minimum Gasteiger partial charge on any atom is -0.359 e. The Morgan fingerprint density at radius 3 is 3.22 bits per heavy atom. The van der Waals surface area contributed by atoms with Gasteiger partial charge < -0.3 is 10.6 Å². The lowest BCUT2D eigenvalue weighted by Gasteiger charge is -2.09. The lowest BCUT2D eigenvalue weighted by Crippen LogP contribution is -2.31. The van der Waals surface area contributed by atoms with Gasteiger partial charge in [-0.05, 0) is 24.6 Å². The number of nitrogens with one attached hydrogen (secondary N) is 2. The summed E-state index contributed by atoms with van der Waals surface area (Å²) in [6.45, 7) is 0.743. The van der Waals surface area contributed by atoms with E-state index in [1.54, 1.807) is 11.3 Å². The third-order valence-corrected chi connectivity index (χ3v) is 4.40. The summed E-state index contributed by atoms with van der Waals surface area (Å²) in [4.78, 5) is 15.6. The zero-order valence-corrected chi connectivity index (χ0v) is 12.0. The minimum atomic E-state index is 0.148. The van der Waals surface area contributed by atoms with E-state index < -0.39 is 0 Å². The van der Waals surface area contributed by atoms with Crippen LogP contribution in [0.1, 0.15) is 12.8 Å². The van der Waals surface area contributed by atoms with Crippen LogP contribution in [0.5, 0.6) is 0 Å². The van der Waals surface area contributed by atoms with Crippen LogP contribution in [0.15, 0.2) is 22.7 Å². The molecule has 1 unspecified atom stereocenters. The molecular formula is C12H12BrN3OS. The molecule has 1 saturated heterocycles. The molecule has 18 heavy (non-hydrogen) atoms. The first-order valence-corrected chi connectivity index (χ1v) is 7.41. The molecule has 0 radical (unpaired) electrons. The summed E-state index contributed by atoms with van der Waals surface area (Å²) in [5.74, 6) is 0.148. The molecule has 6 heteroatoms. The van der Waals surface area contributed by atoms with Gasteiger partial charge in [0, 0.05) is 23.5 Å². The van der Waals surface area contributed by atoms with Gasteiger partial charge in [-0.25, -0.2) is 4.98 Å². The first-order valence-electron chi connectivity index (χ1n) is 5.80. The van der Waals surface area contributed by atoms with Crippen molar-refractivity contribution in [2.24, 2.45) is 0 Å². The number of amides is 1. The van der Waals surface area contributed by atoms with Crippen LogP contribution in [0.3, 0.4) is 0 Å². The first-order chi connectivity index (χ1) is 8.70. The van der Waals surface area contributed by atoms with Gasteiger partial charge in [0.15, 0.2) is 5.13 Å². The fraction of sp³-hybridized carbons (Fsp3) is 0.333. The van der Waals surface area contributed by atoms with E-state index in [0.717, 1.165) is 32.8 Å². The minimum absolute atomic E-state index is 0.148. The van der Waals surface area contributed by atoms with Crippen molar-refractivity contribution in [2.45, 2.75) is 18.9 Å². The molecule has 0 spiro atoms. The predicted molar refractivity (Wildman–Crippen MR) is 77.0 cm³/mol. The van der Waals surface area contributed by atoms with Crippen molar-refractivity contribution < 1.29 is 4.79 Å². The molecule has 2 heterocycles. The number of carbonyl (C=O) groups excluding carboxylic acids is 1. The first kappa shape index (κ1) is 11.9. The molecular weight excluding hydrogens is 314 g/mol. The largest absolute Gasteiger partial charge is 0.359 e. The van der Waals surface area contributed by atoms with Gasteiger partial charge in [0.05, 0.1) is 10.2 Å². The van der Waals surface area contributed by atoms with Crippen molar-refractivity contribution in [2.75, 3.05) is 11.9 Å². The van der Waals surface area contributed by atoms with Crippen LogP contribution >= 0.6 is 27.3 Å². The van der Waals surface area contributed by atoms with Gasteiger partial charge in [-0.2, -0.15) is 0 Å². The Hall–Kier alpha value is -1.14. The maximum absolute atomic E-state index is 11.1. The Morgan fingerprint density at radius 1 is 1.56 bits per heavy atom. The second kappa shape index (κ2) is 4.85. The Kier molecular flexibility index (Phi) is 3.22. The van der Waals surface area contributed by atoms with E-state index in [1.807, 2.05) is 12.1 Å². The Balaban J connectivity index is 1.69. The van der Waals surface area contributed by atoms with E-state index in [1.165, 1.54) is 0 Å². The molecule has 1 amide bonds. The number of benzene rings is 1. The van der Waals surface area contributed by atoms with Gasteiger partial charge >= 0.3 is 0 Å². The molecule has 1 aliphatic rings. The van der Waals surface area contributed by atoms with Crippen LogP contribution in [0.4, 0.5) is 5.13 Å². The molecule has 3 rings (SSSR count). The van der Waals surface area contributed by atoms with Gasteiger partial charge in [-0.1, -0.05) is 27.3 Å². The van der Waals surface area contributed by atoms with E-state index in [0.29, 0.717) is 6.42 Å². The number of nitrogens with zero attached hydrogens (tertiary/aromatic N) is 1. The lowest BCUT2D eigenvalue weighted by molar-refractivity contribution is -0.119. The van der Waals surface area contributed by atoms with Crippen LogP contribution in [0.25, 0.3) is 10.2 Å². The average molecular weight is 326 g/mol. The van der Waals surface area contributed by atoms with Gasteiger partial charge in [0.1, 0.15) is 0 Å². The van der Waals surface area contributed by atoms with Gasteiger partial charge in [-0.15, -0.1) is 0 Å². The number of carbonyl (C=O) groups is 1. The highest BCUT2D eigenvalue weighted by Crippen LogP contribution is 2.28. The number of fused-ring (bicyclic) bond motifs is 1. The summed E-state index contributed by atoms with van der Waals surface area (Å²) in [6, 6.07) is 6.29. The smallest absolute Gasteiger partial charge is 0.220 e. The third kappa shape index (κ3) is 2.49. The average Bonchev–Trinajstić information content (AvgIpc) is 2.92.